The number of hydrogen-bond donors (Lipinski definition) is 0. The highest BCUT2D eigenvalue weighted by Gasteiger charge is 2.63. The van der Waals surface area contributed by atoms with Gasteiger partial charge in [-0.2, -0.15) is 26.0 Å². The van der Waals surface area contributed by atoms with E-state index in [9.17, 15) is 34.8 Å². The van der Waals surface area contributed by atoms with Gasteiger partial charge in [-0.15, -0.1) is 0 Å². The first-order valence-electron chi connectivity index (χ1n) is 7.04. The molecule has 10 heteroatoms. The number of halogens is 6. The minimum Gasteiger partial charge on any atom is -0.379 e. The van der Waals surface area contributed by atoms with Crippen molar-refractivity contribution < 1.29 is 38.9 Å². The van der Waals surface area contributed by atoms with E-state index in [-0.39, 0.29) is 10.5 Å². The van der Waals surface area contributed by atoms with Gasteiger partial charge in [0.05, 0.1) is 0 Å². The second-order valence-electron chi connectivity index (χ2n) is 5.33. The molecule has 0 heterocycles. The number of rotatable bonds is 6. The Kier molecular flexibility index (Phi) is 5.27. The molecule has 0 saturated carbocycles. The predicted molar refractivity (Wildman–Crippen MR) is 80.3 cm³/mol. The number of alkyl halides is 6. The fourth-order valence-electron chi connectivity index (χ4n) is 2.02. The third-order valence-corrected chi connectivity index (χ3v) is 4.71. The van der Waals surface area contributed by atoms with Crippen LogP contribution in [0.25, 0.3) is 0 Å². The van der Waals surface area contributed by atoms with E-state index in [4.69, 9.17) is 4.18 Å². The Hall–Kier alpha value is -2.23. The highest BCUT2D eigenvalue weighted by Crippen LogP contribution is 2.47. The minimum atomic E-state index is -5.59. The lowest BCUT2D eigenvalue weighted by molar-refractivity contribution is -0.270. The third-order valence-electron chi connectivity index (χ3n) is 3.46. The van der Waals surface area contributed by atoms with E-state index in [0.717, 1.165) is 6.92 Å². The summed E-state index contributed by atoms with van der Waals surface area (Å²) in [6, 6.07) is 8.49. The van der Waals surface area contributed by atoms with Gasteiger partial charge in [-0.1, -0.05) is 18.2 Å². The molecule has 0 amide bonds. The molecule has 0 bridgehead atoms. The molecule has 0 aliphatic heterocycles. The molecule has 0 unspecified atom stereocenters. The van der Waals surface area contributed by atoms with Gasteiger partial charge in [0.25, 0.3) is 0 Å². The van der Waals surface area contributed by atoms with Crippen LogP contribution in [0.1, 0.15) is 11.1 Å². The fourth-order valence-corrected chi connectivity index (χ4v) is 3.03. The maximum absolute atomic E-state index is 13.7. The molecule has 0 aliphatic rings. The van der Waals surface area contributed by atoms with Crippen LogP contribution in [0.5, 0.6) is 5.75 Å². The zero-order valence-corrected chi connectivity index (χ0v) is 13.9. The molecule has 0 atom stereocenters. The Balaban J connectivity index is 2.37. The van der Waals surface area contributed by atoms with Gasteiger partial charge in [-0.25, -0.2) is 8.78 Å². The van der Waals surface area contributed by atoms with E-state index in [1.165, 1.54) is 24.3 Å². The normalized spacial score (nSPS) is 13.1. The minimum absolute atomic E-state index is 0.210. The van der Waals surface area contributed by atoms with Gasteiger partial charge < -0.3 is 4.18 Å². The number of hydrogen-bond acceptors (Lipinski definition) is 3. The summed E-state index contributed by atoms with van der Waals surface area (Å²) in [4.78, 5) is -0.210. The van der Waals surface area contributed by atoms with Crippen molar-refractivity contribution in [1.29, 1.82) is 0 Å². The largest absolute Gasteiger partial charge is 0.379 e. The molecule has 0 saturated heterocycles. The molecule has 2 aromatic carbocycles. The fraction of sp³-hybridized carbons (Fsp3) is 0.250. The van der Waals surface area contributed by atoms with E-state index in [0.29, 0.717) is 18.2 Å². The molecule has 142 valence electrons. The molecule has 0 radical (unpaired) electrons. The molecule has 0 aromatic heterocycles. The SMILES string of the molecule is Cc1cc(C(F)(F)C(F)(F)C(F)F)ccc1OS(=O)(=O)c1ccccc1. The van der Waals surface area contributed by atoms with Gasteiger partial charge in [-0.05, 0) is 42.8 Å². The summed E-state index contributed by atoms with van der Waals surface area (Å²) in [7, 11) is -4.28. The van der Waals surface area contributed by atoms with Crippen molar-refractivity contribution in [1.82, 2.24) is 0 Å². The molecule has 2 rings (SSSR count). The first-order chi connectivity index (χ1) is 11.9. The van der Waals surface area contributed by atoms with Crippen LogP contribution in [0.2, 0.25) is 0 Å². The monoisotopic (exact) mass is 398 g/mol. The smallest absolute Gasteiger partial charge is 0.373 e. The van der Waals surface area contributed by atoms with Gasteiger partial charge in [0.2, 0.25) is 0 Å². The highest BCUT2D eigenvalue weighted by molar-refractivity contribution is 7.87. The lowest BCUT2D eigenvalue weighted by Crippen LogP contribution is -2.44. The van der Waals surface area contributed by atoms with Gasteiger partial charge >= 0.3 is 28.4 Å². The van der Waals surface area contributed by atoms with Crippen molar-refractivity contribution in [2.45, 2.75) is 30.1 Å². The molecule has 0 fully saturated rings. The molecule has 3 nitrogen and oxygen atoms in total. The van der Waals surface area contributed by atoms with E-state index >= 15 is 0 Å². The summed E-state index contributed by atoms with van der Waals surface area (Å²) in [5, 5.41) is 0. The van der Waals surface area contributed by atoms with Crippen molar-refractivity contribution in [3.05, 3.63) is 59.7 Å². The van der Waals surface area contributed by atoms with Crippen LogP contribution in [0.4, 0.5) is 26.3 Å². The summed E-state index contributed by atoms with van der Waals surface area (Å²) in [5.41, 5.74) is -1.63. The van der Waals surface area contributed by atoms with Crippen molar-refractivity contribution in [3.8, 4) is 5.75 Å². The van der Waals surface area contributed by atoms with E-state index in [1.807, 2.05) is 0 Å². The first kappa shape index (κ1) is 20.1. The zero-order valence-electron chi connectivity index (χ0n) is 13.1. The molecule has 0 aliphatic carbocycles. The number of benzene rings is 2. The van der Waals surface area contributed by atoms with Crippen molar-refractivity contribution in [2.24, 2.45) is 0 Å². The Morgan fingerprint density at radius 1 is 0.962 bits per heavy atom. The average Bonchev–Trinajstić information content (AvgIpc) is 2.57. The lowest BCUT2D eigenvalue weighted by Gasteiger charge is -2.26. The quantitative estimate of drug-likeness (QED) is 0.521. The van der Waals surface area contributed by atoms with Gasteiger partial charge in [0.15, 0.2) is 0 Å². The molecule has 0 spiro atoms. The van der Waals surface area contributed by atoms with Crippen LogP contribution in [0.15, 0.2) is 53.4 Å². The van der Waals surface area contributed by atoms with Crippen molar-refractivity contribution in [3.63, 3.8) is 0 Å². The Morgan fingerprint density at radius 2 is 1.54 bits per heavy atom. The second kappa shape index (κ2) is 6.82. The summed E-state index contributed by atoms with van der Waals surface area (Å²) in [5.74, 6) is -11.1. The van der Waals surface area contributed by atoms with Gasteiger partial charge in [0, 0.05) is 5.56 Å². The maximum Gasteiger partial charge on any atom is 0.373 e. The topological polar surface area (TPSA) is 43.4 Å². The molecular weight excluding hydrogens is 386 g/mol. The van der Waals surface area contributed by atoms with Crippen LogP contribution in [-0.2, 0) is 16.0 Å². The van der Waals surface area contributed by atoms with Crippen molar-refractivity contribution >= 4 is 10.1 Å². The number of aryl methyl sites for hydroxylation is 1. The average molecular weight is 398 g/mol. The van der Waals surface area contributed by atoms with Gasteiger partial charge in [0.1, 0.15) is 10.6 Å². The van der Waals surface area contributed by atoms with E-state index < -0.39 is 39.7 Å². The molecular formula is C16H12F6O3S. The molecule has 2 aromatic rings. The maximum atomic E-state index is 13.7. The predicted octanol–water partition coefficient (Wildman–Crippen LogP) is 4.75. The first-order valence-corrected chi connectivity index (χ1v) is 8.45. The lowest BCUT2D eigenvalue weighted by atomic mass is 10.00. The van der Waals surface area contributed by atoms with Gasteiger partial charge in [-0.3, -0.25) is 0 Å². The van der Waals surface area contributed by atoms with Crippen LogP contribution >= 0.6 is 0 Å². The Labute approximate surface area is 145 Å². The zero-order chi connectivity index (χ0) is 19.8. The Morgan fingerprint density at radius 3 is 2.04 bits per heavy atom. The Bertz CT molecular complexity index is 882. The molecule has 26 heavy (non-hydrogen) atoms. The van der Waals surface area contributed by atoms with Crippen LogP contribution in [-0.4, -0.2) is 20.8 Å². The summed E-state index contributed by atoms with van der Waals surface area (Å²) >= 11 is 0. The summed E-state index contributed by atoms with van der Waals surface area (Å²) in [6.07, 6.45) is -4.58. The summed E-state index contributed by atoms with van der Waals surface area (Å²) in [6.45, 7) is 1.12. The summed E-state index contributed by atoms with van der Waals surface area (Å²) < 4.78 is 107. The third kappa shape index (κ3) is 3.64. The van der Waals surface area contributed by atoms with E-state index in [1.54, 1.807) is 6.07 Å². The second-order valence-corrected chi connectivity index (χ2v) is 6.88. The van der Waals surface area contributed by atoms with Crippen LogP contribution < -0.4 is 4.18 Å². The van der Waals surface area contributed by atoms with Crippen LogP contribution in [0.3, 0.4) is 0 Å². The van der Waals surface area contributed by atoms with E-state index in [2.05, 4.69) is 0 Å². The highest BCUT2D eigenvalue weighted by atomic mass is 32.2. The molecule has 0 N–H and O–H groups in total. The standard InChI is InChI=1S/C16H12F6O3S/c1-10-9-11(15(19,20)16(21,22)14(17)18)7-8-13(10)25-26(23,24)12-5-3-2-4-6-12/h2-9,14H,1H3. The van der Waals surface area contributed by atoms with Crippen LogP contribution in [0, 0.1) is 6.92 Å². The van der Waals surface area contributed by atoms with Crippen molar-refractivity contribution in [2.75, 3.05) is 0 Å².